The number of nitrogens with one attached hydrogen (secondary N) is 1. The van der Waals surface area contributed by atoms with Gasteiger partial charge in [0.05, 0.1) is 12.2 Å². The van der Waals surface area contributed by atoms with Crippen molar-refractivity contribution in [3.63, 3.8) is 0 Å². The van der Waals surface area contributed by atoms with Crippen molar-refractivity contribution < 1.29 is 9.53 Å². The van der Waals surface area contributed by atoms with Gasteiger partial charge in [0.15, 0.2) is 0 Å². The van der Waals surface area contributed by atoms with E-state index in [9.17, 15) is 4.79 Å². The Morgan fingerprint density at radius 3 is 2.59 bits per heavy atom. The number of benzene rings is 2. The molecule has 22 heavy (non-hydrogen) atoms. The first kappa shape index (κ1) is 16.1. The third-order valence-corrected chi connectivity index (χ3v) is 3.45. The molecule has 0 saturated carbocycles. The second-order valence-corrected chi connectivity index (χ2v) is 5.56. The van der Waals surface area contributed by atoms with Crippen molar-refractivity contribution in [1.82, 2.24) is 0 Å². The lowest BCUT2D eigenvalue weighted by Crippen LogP contribution is -2.10. The van der Waals surface area contributed by atoms with Gasteiger partial charge in [0.25, 0.3) is 0 Å². The number of rotatable bonds is 7. The van der Waals surface area contributed by atoms with Crippen molar-refractivity contribution in [2.75, 3.05) is 18.5 Å². The zero-order valence-corrected chi connectivity index (χ0v) is 13.2. The summed E-state index contributed by atoms with van der Waals surface area (Å²) >= 11 is 0. The molecule has 0 bridgehead atoms. The Labute approximate surface area is 132 Å². The number of ether oxygens (including phenoxy) is 1. The maximum atomic E-state index is 12.0. The molecular weight excluding hydrogens is 274 g/mol. The number of esters is 1. The van der Waals surface area contributed by atoms with Crippen LogP contribution in [0, 0.1) is 0 Å². The fourth-order valence-electron chi connectivity index (χ4n) is 2.13. The van der Waals surface area contributed by atoms with Gasteiger partial charge in [-0.05, 0) is 42.2 Å². The number of carbonyl (C=O) groups is 1. The summed E-state index contributed by atoms with van der Waals surface area (Å²) in [6, 6.07) is 17.7. The van der Waals surface area contributed by atoms with E-state index in [1.54, 1.807) is 6.07 Å². The molecule has 0 radical (unpaired) electrons. The van der Waals surface area contributed by atoms with Crippen LogP contribution in [0.15, 0.2) is 54.6 Å². The number of anilines is 1. The highest BCUT2D eigenvalue weighted by atomic mass is 16.5. The second-order valence-electron chi connectivity index (χ2n) is 5.56. The highest BCUT2D eigenvalue weighted by Gasteiger charge is 2.08. The average Bonchev–Trinajstić information content (AvgIpc) is 2.55. The van der Waals surface area contributed by atoms with E-state index < -0.39 is 0 Å². The van der Waals surface area contributed by atoms with Crippen LogP contribution in [0.3, 0.4) is 0 Å². The van der Waals surface area contributed by atoms with Gasteiger partial charge in [0.2, 0.25) is 0 Å². The zero-order valence-electron chi connectivity index (χ0n) is 13.2. The minimum Gasteiger partial charge on any atom is -0.462 e. The zero-order chi connectivity index (χ0) is 15.8. The summed E-state index contributed by atoms with van der Waals surface area (Å²) in [6.45, 7) is 5.42. The fraction of sp³-hybridized carbons (Fsp3) is 0.316. The summed E-state index contributed by atoms with van der Waals surface area (Å²) in [5.74, 6) is 0.157. The predicted octanol–water partition coefficient (Wildman–Crippen LogP) is 4.47. The van der Waals surface area contributed by atoms with Gasteiger partial charge in [-0.3, -0.25) is 0 Å². The van der Waals surface area contributed by atoms with Crippen molar-refractivity contribution in [2.24, 2.45) is 0 Å². The summed E-state index contributed by atoms with van der Waals surface area (Å²) in [4.78, 5) is 12.0. The van der Waals surface area contributed by atoms with Gasteiger partial charge in [-0.2, -0.15) is 0 Å². The molecule has 0 unspecified atom stereocenters. The Hall–Kier alpha value is -2.29. The molecule has 0 atom stereocenters. The van der Waals surface area contributed by atoms with E-state index >= 15 is 0 Å². The Morgan fingerprint density at radius 2 is 1.86 bits per heavy atom. The predicted molar refractivity (Wildman–Crippen MR) is 90.4 cm³/mol. The maximum Gasteiger partial charge on any atom is 0.338 e. The van der Waals surface area contributed by atoms with Gasteiger partial charge >= 0.3 is 5.97 Å². The SMILES string of the molecule is CC(C)c1cccc(C(=O)OCCCNc2ccccc2)c1. The Balaban J connectivity index is 1.73. The van der Waals surface area contributed by atoms with E-state index in [0.29, 0.717) is 18.1 Å². The highest BCUT2D eigenvalue weighted by molar-refractivity contribution is 5.89. The molecule has 0 aliphatic rings. The minimum atomic E-state index is -0.248. The Morgan fingerprint density at radius 1 is 1.09 bits per heavy atom. The molecule has 3 nitrogen and oxygen atoms in total. The second kappa shape index (κ2) is 8.23. The summed E-state index contributed by atoms with van der Waals surface area (Å²) in [5.41, 5.74) is 2.86. The first-order valence-electron chi connectivity index (χ1n) is 7.73. The summed E-state index contributed by atoms with van der Waals surface area (Å²) in [6.07, 6.45) is 0.782. The van der Waals surface area contributed by atoms with Gasteiger partial charge in [-0.25, -0.2) is 4.79 Å². The normalized spacial score (nSPS) is 10.5. The van der Waals surface area contributed by atoms with E-state index in [1.165, 1.54) is 0 Å². The molecule has 3 heteroatoms. The number of hydrogen-bond acceptors (Lipinski definition) is 3. The molecule has 0 fully saturated rings. The molecule has 2 aromatic rings. The largest absolute Gasteiger partial charge is 0.462 e. The van der Waals surface area contributed by atoms with Crippen molar-refractivity contribution in [2.45, 2.75) is 26.2 Å². The molecule has 0 saturated heterocycles. The van der Waals surface area contributed by atoms with Crippen LogP contribution < -0.4 is 5.32 Å². The van der Waals surface area contributed by atoms with E-state index in [1.807, 2.05) is 48.5 Å². The lowest BCUT2D eigenvalue weighted by atomic mass is 10.0. The van der Waals surface area contributed by atoms with Crippen LogP contribution in [0.1, 0.15) is 42.1 Å². The monoisotopic (exact) mass is 297 g/mol. The van der Waals surface area contributed by atoms with Crippen molar-refractivity contribution in [3.05, 3.63) is 65.7 Å². The molecule has 2 rings (SSSR count). The molecular formula is C19H23NO2. The first-order chi connectivity index (χ1) is 10.7. The molecule has 116 valence electrons. The van der Waals surface area contributed by atoms with E-state index in [-0.39, 0.29) is 5.97 Å². The molecule has 0 aromatic heterocycles. The molecule has 1 N–H and O–H groups in total. The summed E-state index contributed by atoms with van der Waals surface area (Å²) < 4.78 is 5.32. The molecule has 2 aromatic carbocycles. The van der Waals surface area contributed by atoms with Crippen molar-refractivity contribution in [3.8, 4) is 0 Å². The van der Waals surface area contributed by atoms with Crippen LogP contribution in [-0.2, 0) is 4.74 Å². The van der Waals surface area contributed by atoms with Gasteiger partial charge in [-0.1, -0.05) is 44.2 Å². The van der Waals surface area contributed by atoms with Crippen LogP contribution >= 0.6 is 0 Å². The quantitative estimate of drug-likeness (QED) is 0.605. The standard InChI is InChI=1S/C19H23NO2/c1-15(2)16-8-6-9-17(14-16)19(21)22-13-7-12-20-18-10-4-3-5-11-18/h3-6,8-11,14-15,20H,7,12-13H2,1-2H3. The van der Waals surface area contributed by atoms with Crippen LogP contribution in [0.25, 0.3) is 0 Å². The third-order valence-electron chi connectivity index (χ3n) is 3.45. The van der Waals surface area contributed by atoms with Crippen molar-refractivity contribution in [1.29, 1.82) is 0 Å². The van der Waals surface area contributed by atoms with Crippen LogP contribution in [0.2, 0.25) is 0 Å². The van der Waals surface area contributed by atoms with Crippen LogP contribution in [0.4, 0.5) is 5.69 Å². The Kier molecular flexibility index (Phi) is 6.01. The smallest absolute Gasteiger partial charge is 0.338 e. The third kappa shape index (κ3) is 4.92. The Bertz CT molecular complexity index is 593. The maximum absolute atomic E-state index is 12.0. The topological polar surface area (TPSA) is 38.3 Å². The number of hydrogen-bond donors (Lipinski definition) is 1. The molecule has 0 amide bonds. The van der Waals surface area contributed by atoms with E-state index in [0.717, 1.165) is 24.2 Å². The van der Waals surface area contributed by atoms with E-state index in [2.05, 4.69) is 19.2 Å². The van der Waals surface area contributed by atoms with Crippen LogP contribution in [-0.4, -0.2) is 19.1 Å². The lowest BCUT2D eigenvalue weighted by molar-refractivity contribution is 0.0503. The summed E-state index contributed by atoms with van der Waals surface area (Å²) in [5, 5.41) is 3.29. The molecule has 0 aliphatic carbocycles. The minimum absolute atomic E-state index is 0.248. The van der Waals surface area contributed by atoms with Gasteiger partial charge < -0.3 is 10.1 Å². The molecule has 0 aliphatic heterocycles. The highest BCUT2D eigenvalue weighted by Crippen LogP contribution is 2.16. The average molecular weight is 297 g/mol. The van der Waals surface area contributed by atoms with Crippen molar-refractivity contribution >= 4 is 11.7 Å². The number of carbonyl (C=O) groups excluding carboxylic acids is 1. The van der Waals surface area contributed by atoms with Gasteiger partial charge in [-0.15, -0.1) is 0 Å². The van der Waals surface area contributed by atoms with Gasteiger partial charge in [0, 0.05) is 12.2 Å². The van der Waals surface area contributed by atoms with Crippen LogP contribution in [0.5, 0.6) is 0 Å². The fourth-order valence-corrected chi connectivity index (χ4v) is 2.13. The summed E-state index contributed by atoms with van der Waals surface area (Å²) in [7, 11) is 0. The van der Waals surface area contributed by atoms with Gasteiger partial charge in [0.1, 0.15) is 0 Å². The lowest BCUT2D eigenvalue weighted by Gasteiger charge is -2.09. The van der Waals surface area contributed by atoms with E-state index in [4.69, 9.17) is 4.74 Å². The number of para-hydroxylation sites is 1. The molecule has 0 spiro atoms. The first-order valence-corrected chi connectivity index (χ1v) is 7.73. The molecule has 0 heterocycles.